The molecule has 5 nitrogen and oxygen atoms in total. The van der Waals surface area contributed by atoms with E-state index in [1.807, 2.05) is 0 Å². The number of alkyl halides is 3. The van der Waals surface area contributed by atoms with Crippen molar-refractivity contribution >= 4 is 11.7 Å². The molecule has 0 atom stereocenters. The van der Waals surface area contributed by atoms with Crippen LogP contribution in [-0.4, -0.2) is 23.2 Å². The minimum Gasteiger partial charge on any atom is -0.507 e. The molecule has 0 unspecified atom stereocenters. The molecule has 0 radical (unpaired) electrons. The number of halogens is 3. The summed E-state index contributed by atoms with van der Waals surface area (Å²) in [6.07, 6.45) is -4.88. The first-order valence-corrected chi connectivity index (χ1v) is 4.63. The number of amides is 1. The van der Waals surface area contributed by atoms with Crippen molar-refractivity contribution in [3.8, 4) is 11.5 Å². The number of aliphatic imine (C=N–C) groups is 1. The van der Waals surface area contributed by atoms with Crippen molar-refractivity contribution in [2.24, 2.45) is 10.7 Å². The Hall–Kier alpha value is -2.25. The normalized spacial score (nSPS) is 12.3. The van der Waals surface area contributed by atoms with Crippen molar-refractivity contribution in [3.63, 3.8) is 0 Å². The first kappa shape index (κ1) is 13.8. The lowest BCUT2D eigenvalue weighted by Crippen LogP contribution is -2.17. The van der Waals surface area contributed by atoms with E-state index in [0.717, 1.165) is 18.2 Å². The van der Waals surface area contributed by atoms with Crippen LogP contribution < -0.4 is 10.5 Å². The molecule has 0 bridgehead atoms. The number of nitrogens with zero attached hydrogens (tertiary/aromatic N) is 1. The van der Waals surface area contributed by atoms with Gasteiger partial charge in [0.2, 0.25) is 0 Å². The average molecular weight is 262 g/mol. The van der Waals surface area contributed by atoms with Gasteiger partial charge in [0.1, 0.15) is 17.3 Å². The summed E-state index contributed by atoms with van der Waals surface area (Å²) in [7, 11) is 0. The molecule has 8 heteroatoms. The van der Waals surface area contributed by atoms with Gasteiger partial charge < -0.3 is 15.6 Å². The highest BCUT2D eigenvalue weighted by Crippen LogP contribution is 2.28. The molecule has 3 N–H and O–H groups in total. The fourth-order valence-corrected chi connectivity index (χ4v) is 1.10. The predicted octanol–water partition coefficient (Wildman–Crippen LogP) is 1.81. The van der Waals surface area contributed by atoms with Crippen molar-refractivity contribution in [3.05, 3.63) is 23.8 Å². The molecule has 0 aromatic heterocycles. The van der Waals surface area contributed by atoms with Crippen LogP contribution in [0.3, 0.4) is 0 Å². The third-order valence-electron chi connectivity index (χ3n) is 1.71. The van der Waals surface area contributed by atoms with Gasteiger partial charge in [-0.15, -0.1) is 13.2 Å². The lowest BCUT2D eigenvalue weighted by Gasteiger charge is -2.10. The van der Waals surface area contributed by atoms with Gasteiger partial charge in [-0.2, -0.15) is 4.99 Å². The van der Waals surface area contributed by atoms with E-state index in [4.69, 9.17) is 5.73 Å². The third kappa shape index (κ3) is 3.96. The van der Waals surface area contributed by atoms with E-state index < -0.39 is 29.3 Å². The first-order chi connectivity index (χ1) is 8.19. The van der Waals surface area contributed by atoms with E-state index in [1.54, 1.807) is 0 Å². The third-order valence-corrected chi connectivity index (χ3v) is 1.71. The maximum Gasteiger partial charge on any atom is 0.573 e. The Bertz CT molecular complexity index is 494. The standard InChI is InChI=1S/C10H9F3N2O3/c1-5(14)15-9(17)7-4-6(2-3-8(7)16)18-10(11,12)13/h2-4,16H,1H3,(H2,14,15,17). The van der Waals surface area contributed by atoms with Crippen LogP contribution in [-0.2, 0) is 0 Å². The van der Waals surface area contributed by atoms with Crippen LogP contribution in [0.4, 0.5) is 13.2 Å². The Balaban J connectivity index is 3.09. The highest BCUT2D eigenvalue weighted by Gasteiger charge is 2.31. The molecule has 0 aliphatic heterocycles. The van der Waals surface area contributed by atoms with Crippen molar-refractivity contribution in [1.29, 1.82) is 0 Å². The zero-order chi connectivity index (χ0) is 13.9. The van der Waals surface area contributed by atoms with Crippen molar-refractivity contribution < 1.29 is 27.8 Å². The van der Waals surface area contributed by atoms with E-state index in [9.17, 15) is 23.1 Å². The number of carbonyl (C=O) groups is 1. The van der Waals surface area contributed by atoms with E-state index >= 15 is 0 Å². The zero-order valence-corrected chi connectivity index (χ0v) is 9.15. The summed E-state index contributed by atoms with van der Waals surface area (Å²) in [6.45, 7) is 1.32. The number of phenols is 1. The van der Waals surface area contributed by atoms with E-state index in [-0.39, 0.29) is 5.84 Å². The molecule has 1 amide bonds. The summed E-state index contributed by atoms with van der Waals surface area (Å²) in [4.78, 5) is 14.7. The lowest BCUT2D eigenvalue weighted by molar-refractivity contribution is -0.274. The summed E-state index contributed by atoms with van der Waals surface area (Å²) in [5, 5.41) is 9.35. The average Bonchev–Trinajstić information content (AvgIpc) is 2.17. The van der Waals surface area contributed by atoms with Crippen molar-refractivity contribution in [1.82, 2.24) is 0 Å². The predicted molar refractivity (Wildman–Crippen MR) is 56.4 cm³/mol. The van der Waals surface area contributed by atoms with Crippen LogP contribution >= 0.6 is 0 Å². The Kier molecular flexibility index (Phi) is 3.79. The number of amidine groups is 1. The number of rotatable bonds is 2. The molecule has 98 valence electrons. The van der Waals surface area contributed by atoms with Crippen LogP contribution in [0, 0.1) is 0 Å². The van der Waals surface area contributed by atoms with Gasteiger partial charge in [-0.05, 0) is 25.1 Å². The number of phenolic OH excluding ortho intramolecular Hbond substituents is 1. The second-order valence-electron chi connectivity index (χ2n) is 3.29. The molecule has 0 heterocycles. The number of carbonyl (C=O) groups excluding carboxylic acids is 1. The summed E-state index contributed by atoms with van der Waals surface area (Å²) >= 11 is 0. The largest absolute Gasteiger partial charge is 0.573 e. The lowest BCUT2D eigenvalue weighted by atomic mass is 10.2. The topological polar surface area (TPSA) is 84.9 Å². The minimum absolute atomic E-state index is 0.0819. The maximum atomic E-state index is 12.0. The van der Waals surface area contributed by atoms with Gasteiger partial charge >= 0.3 is 6.36 Å². The quantitative estimate of drug-likeness (QED) is 0.628. The molecule has 18 heavy (non-hydrogen) atoms. The molecule has 0 aliphatic carbocycles. The molecule has 1 aromatic rings. The Morgan fingerprint density at radius 2 is 2.06 bits per heavy atom. The monoisotopic (exact) mass is 262 g/mol. The summed E-state index contributed by atoms with van der Waals surface area (Å²) in [5.74, 6) is -2.19. The van der Waals surface area contributed by atoms with E-state index in [2.05, 4.69) is 9.73 Å². The molecule has 1 aromatic carbocycles. The van der Waals surface area contributed by atoms with Crippen LogP contribution in [0.1, 0.15) is 17.3 Å². The van der Waals surface area contributed by atoms with Crippen LogP contribution in [0.2, 0.25) is 0 Å². The number of aromatic hydroxyl groups is 1. The van der Waals surface area contributed by atoms with Gasteiger partial charge in [-0.25, -0.2) is 0 Å². The van der Waals surface area contributed by atoms with Crippen LogP contribution in [0.15, 0.2) is 23.2 Å². The Labute approximate surface area is 99.7 Å². The molecule has 0 spiro atoms. The van der Waals surface area contributed by atoms with Gasteiger partial charge in [-0.1, -0.05) is 0 Å². The molecular weight excluding hydrogens is 253 g/mol. The van der Waals surface area contributed by atoms with Crippen molar-refractivity contribution in [2.45, 2.75) is 13.3 Å². The molecule has 0 saturated heterocycles. The maximum absolute atomic E-state index is 12.0. The molecular formula is C10H9F3N2O3. The highest BCUT2D eigenvalue weighted by atomic mass is 19.4. The number of hydrogen-bond acceptors (Lipinski definition) is 3. The SMILES string of the molecule is CC(N)=NC(=O)c1cc(OC(F)(F)F)ccc1O. The van der Waals surface area contributed by atoms with Crippen LogP contribution in [0.25, 0.3) is 0 Å². The van der Waals surface area contributed by atoms with Gasteiger partial charge in [0.15, 0.2) is 0 Å². The number of ether oxygens (including phenoxy) is 1. The fourth-order valence-electron chi connectivity index (χ4n) is 1.10. The molecule has 0 fully saturated rings. The zero-order valence-electron chi connectivity index (χ0n) is 9.15. The number of benzene rings is 1. The summed E-state index contributed by atoms with van der Waals surface area (Å²) < 4.78 is 39.5. The Morgan fingerprint density at radius 1 is 1.44 bits per heavy atom. The first-order valence-electron chi connectivity index (χ1n) is 4.63. The van der Waals surface area contributed by atoms with Gasteiger partial charge in [-0.3, -0.25) is 4.79 Å². The molecule has 0 aliphatic rings. The van der Waals surface area contributed by atoms with Crippen LogP contribution in [0.5, 0.6) is 11.5 Å². The van der Waals surface area contributed by atoms with E-state index in [0.29, 0.717) is 0 Å². The second kappa shape index (κ2) is 4.94. The van der Waals surface area contributed by atoms with Gasteiger partial charge in [0, 0.05) is 0 Å². The van der Waals surface area contributed by atoms with Crippen molar-refractivity contribution in [2.75, 3.05) is 0 Å². The van der Waals surface area contributed by atoms with Gasteiger partial charge in [0.25, 0.3) is 5.91 Å². The van der Waals surface area contributed by atoms with E-state index in [1.165, 1.54) is 6.92 Å². The highest BCUT2D eigenvalue weighted by molar-refractivity contribution is 6.04. The van der Waals surface area contributed by atoms with Gasteiger partial charge in [0.05, 0.1) is 5.56 Å². The Morgan fingerprint density at radius 3 is 2.56 bits per heavy atom. The summed E-state index contributed by atoms with van der Waals surface area (Å²) in [6, 6.07) is 2.51. The smallest absolute Gasteiger partial charge is 0.507 e. The summed E-state index contributed by atoms with van der Waals surface area (Å²) in [5.41, 5.74) is 4.73. The second-order valence-corrected chi connectivity index (χ2v) is 3.29. The fraction of sp³-hybridized carbons (Fsp3) is 0.200. The number of nitrogens with two attached hydrogens (primary N) is 1. The minimum atomic E-state index is -4.88. The molecule has 0 saturated carbocycles. The number of hydrogen-bond donors (Lipinski definition) is 2. The molecule has 1 rings (SSSR count).